The largest absolute Gasteiger partial charge is 0.493 e. The standard InChI is InChI=1S/C19H22N2O4/c1-22-10-8-21-7-6-20-19(21)12-14-11-17(23-2)18(24-3)13-15(14)16-5-4-9-25-16/h4-7,9,11,13H,8,10,12H2,1-3H3. The van der Waals surface area contributed by atoms with Crippen LogP contribution < -0.4 is 9.47 Å². The van der Waals surface area contributed by atoms with Crippen molar-refractivity contribution in [2.75, 3.05) is 27.9 Å². The van der Waals surface area contributed by atoms with Crippen LogP contribution in [-0.2, 0) is 17.7 Å². The average molecular weight is 342 g/mol. The van der Waals surface area contributed by atoms with Crippen molar-refractivity contribution in [3.63, 3.8) is 0 Å². The number of furan rings is 1. The SMILES string of the molecule is COCCn1ccnc1Cc1cc(OC)c(OC)cc1-c1ccco1. The Balaban J connectivity index is 2.01. The van der Waals surface area contributed by atoms with E-state index >= 15 is 0 Å². The van der Waals surface area contributed by atoms with Gasteiger partial charge in [-0.15, -0.1) is 0 Å². The normalized spacial score (nSPS) is 10.8. The molecule has 0 atom stereocenters. The molecule has 0 saturated carbocycles. The molecule has 3 aromatic rings. The third kappa shape index (κ3) is 3.69. The molecule has 0 amide bonds. The maximum atomic E-state index is 5.60. The molecule has 2 heterocycles. The van der Waals surface area contributed by atoms with E-state index in [9.17, 15) is 0 Å². The van der Waals surface area contributed by atoms with Crippen LogP contribution in [-0.4, -0.2) is 37.5 Å². The fourth-order valence-electron chi connectivity index (χ4n) is 2.80. The molecule has 0 spiro atoms. The highest BCUT2D eigenvalue weighted by molar-refractivity contribution is 5.68. The second-order valence-corrected chi connectivity index (χ2v) is 5.55. The first-order valence-corrected chi connectivity index (χ1v) is 8.04. The Bertz CT molecular complexity index is 809. The maximum absolute atomic E-state index is 5.60. The van der Waals surface area contributed by atoms with Gasteiger partial charge in [-0.25, -0.2) is 4.98 Å². The van der Waals surface area contributed by atoms with Gasteiger partial charge in [0, 0.05) is 38.0 Å². The topological polar surface area (TPSA) is 58.7 Å². The predicted octanol–water partition coefficient (Wildman–Crippen LogP) is 3.40. The van der Waals surface area contributed by atoms with E-state index in [-0.39, 0.29) is 0 Å². The average Bonchev–Trinajstić information content (AvgIpc) is 3.31. The summed E-state index contributed by atoms with van der Waals surface area (Å²) in [5.41, 5.74) is 2.02. The van der Waals surface area contributed by atoms with Gasteiger partial charge >= 0.3 is 0 Å². The van der Waals surface area contributed by atoms with Crippen LogP contribution in [0.2, 0.25) is 0 Å². The van der Waals surface area contributed by atoms with Crippen molar-refractivity contribution < 1.29 is 18.6 Å². The first kappa shape index (κ1) is 17.1. The van der Waals surface area contributed by atoms with Crippen molar-refractivity contribution in [1.82, 2.24) is 9.55 Å². The van der Waals surface area contributed by atoms with Crippen LogP contribution in [0.25, 0.3) is 11.3 Å². The van der Waals surface area contributed by atoms with Crippen LogP contribution in [0.5, 0.6) is 11.5 Å². The number of hydrogen-bond donors (Lipinski definition) is 0. The molecule has 0 bridgehead atoms. The van der Waals surface area contributed by atoms with Crippen molar-refractivity contribution in [3.8, 4) is 22.8 Å². The van der Waals surface area contributed by atoms with Crippen molar-refractivity contribution in [2.24, 2.45) is 0 Å². The number of rotatable bonds is 8. The Morgan fingerprint density at radius 3 is 2.60 bits per heavy atom. The first-order valence-electron chi connectivity index (χ1n) is 8.04. The van der Waals surface area contributed by atoms with E-state index in [0.717, 1.165) is 29.3 Å². The number of hydrogen-bond acceptors (Lipinski definition) is 5. The van der Waals surface area contributed by atoms with Crippen LogP contribution in [0.1, 0.15) is 11.4 Å². The summed E-state index contributed by atoms with van der Waals surface area (Å²) in [7, 11) is 4.95. The van der Waals surface area contributed by atoms with E-state index < -0.39 is 0 Å². The van der Waals surface area contributed by atoms with Crippen molar-refractivity contribution in [2.45, 2.75) is 13.0 Å². The van der Waals surface area contributed by atoms with E-state index in [4.69, 9.17) is 18.6 Å². The maximum Gasteiger partial charge on any atom is 0.161 e. The molecule has 132 valence electrons. The monoisotopic (exact) mass is 342 g/mol. The number of benzene rings is 1. The molecule has 0 fully saturated rings. The number of nitrogens with zero attached hydrogens (tertiary/aromatic N) is 2. The van der Waals surface area contributed by atoms with E-state index in [0.29, 0.717) is 24.5 Å². The Morgan fingerprint density at radius 1 is 1.12 bits per heavy atom. The summed E-state index contributed by atoms with van der Waals surface area (Å²) in [5, 5.41) is 0. The molecule has 0 N–H and O–H groups in total. The van der Waals surface area contributed by atoms with Gasteiger partial charge in [0.2, 0.25) is 0 Å². The summed E-state index contributed by atoms with van der Waals surface area (Å²) in [6.07, 6.45) is 6.07. The van der Waals surface area contributed by atoms with Crippen LogP contribution >= 0.6 is 0 Å². The summed E-state index contributed by atoms with van der Waals surface area (Å²) < 4.78 is 23.8. The van der Waals surface area contributed by atoms with Gasteiger partial charge in [-0.3, -0.25) is 0 Å². The zero-order valence-corrected chi connectivity index (χ0v) is 14.7. The van der Waals surface area contributed by atoms with E-state index in [1.165, 1.54) is 0 Å². The van der Waals surface area contributed by atoms with Crippen molar-refractivity contribution in [1.29, 1.82) is 0 Å². The van der Waals surface area contributed by atoms with Crippen molar-refractivity contribution >= 4 is 0 Å². The zero-order valence-electron chi connectivity index (χ0n) is 14.7. The second kappa shape index (κ2) is 7.90. The molecule has 3 rings (SSSR count). The minimum absolute atomic E-state index is 0.639. The fourth-order valence-corrected chi connectivity index (χ4v) is 2.80. The lowest BCUT2D eigenvalue weighted by Gasteiger charge is -2.14. The van der Waals surface area contributed by atoms with E-state index in [1.807, 2.05) is 30.5 Å². The van der Waals surface area contributed by atoms with E-state index in [1.54, 1.807) is 33.8 Å². The molecule has 0 unspecified atom stereocenters. The molecule has 6 heteroatoms. The summed E-state index contributed by atoms with van der Waals surface area (Å²) in [4.78, 5) is 4.49. The lowest BCUT2D eigenvalue weighted by atomic mass is 10.0. The van der Waals surface area contributed by atoms with Crippen LogP contribution in [0.4, 0.5) is 0 Å². The summed E-state index contributed by atoms with van der Waals surface area (Å²) in [5.74, 6) is 3.09. The van der Waals surface area contributed by atoms with Gasteiger partial charge in [-0.2, -0.15) is 0 Å². The Labute approximate surface area is 147 Å². The Kier molecular flexibility index (Phi) is 5.40. The predicted molar refractivity (Wildman–Crippen MR) is 94.2 cm³/mol. The second-order valence-electron chi connectivity index (χ2n) is 5.55. The van der Waals surface area contributed by atoms with Gasteiger partial charge in [0.15, 0.2) is 11.5 Å². The molecule has 0 aliphatic carbocycles. The van der Waals surface area contributed by atoms with Crippen molar-refractivity contribution in [3.05, 3.63) is 54.3 Å². The van der Waals surface area contributed by atoms with Gasteiger partial charge < -0.3 is 23.2 Å². The smallest absolute Gasteiger partial charge is 0.161 e. The summed E-state index contributed by atoms with van der Waals surface area (Å²) >= 11 is 0. The molecule has 0 radical (unpaired) electrons. The van der Waals surface area contributed by atoms with Crippen LogP contribution in [0, 0.1) is 0 Å². The Morgan fingerprint density at radius 2 is 1.92 bits per heavy atom. The molecule has 6 nitrogen and oxygen atoms in total. The number of methoxy groups -OCH3 is 3. The highest BCUT2D eigenvalue weighted by atomic mass is 16.5. The van der Waals surface area contributed by atoms with Gasteiger partial charge in [0.05, 0.1) is 27.1 Å². The highest BCUT2D eigenvalue weighted by Crippen LogP contribution is 2.36. The van der Waals surface area contributed by atoms with Crippen LogP contribution in [0.15, 0.2) is 47.3 Å². The van der Waals surface area contributed by atoms with Gasteiger partial charge in [-0.1, -0.05) is 0 Å². The van der Waals surface area contributed by atoms with Gasteiger partial charge in [0.1, 0.15) is 11.6 Å². The molecule has 1 aromatic carbocycles. The third-order valence-electron chi connectivity index (χ3n) is 4.08. The molecular weight excluding hydrogens is 320 g/mol. The minimum Gasteiger partial charge on any atom is -0.493 e. The summed E-state index contributed by atoms with van der Waals surface area (Å²) in [6, 6.07) is 7.72. The van der Waals surface area contributed by atoms with Crippen LogP contribution in [0.3, 0.4) is 0 Å². The zero-order chi connectivity index (χ0) is 17.6. The quantitative estimate of drug-likeness (QED) is 0.628. The lowest BCUT2D eigenvalue weighted by Crippen LogP contribution is -2.08. The highest BCUT2D eigenvalue weighted by Gasteiger charge is 2.16. The third-order valence-corrected chi connectivity index (χ3v) is 4.08. The number of imidazole rings is 1. The Hall–Kier alpha value is -2.73. The molecule has 0 aliphatic rings. The summed E-state index contributed by atoms with van der Waals surface area (Å²) in [6.45, 7) is 1.40. The molecule has 25 heavy (non-hydrogen) atoms. The number of aromatic nitrogens is 2. The number of ether oxygens (including phenoxy) is 3. The van der Waals surface area contributed by atoms with Gasteiger partial charge in [-0.05, 0) is 29.8 Å². The minimum atomic E-state index is 0.639. The molecule has 2 aromatic heterocycles. The van der Waals surface area contributed by atoms with Gasteiger partial charge in [0.25, 0.3) is 0 Å². The first-order chi connectivity index (χ1) is 12.3. The molecule has 0 aliphatic heterocycles. The lowest BCUT2D eigenvalue weighted by molar-refractivity contribution is 0.186. The fraction of sp³-hybridized carbons (Fsp3) is 0.316. The molecule has 0 saturated heterocycles. The van der Waals surface area contributed by atoms with E-state index in [2.05, 4.69) is 9.55 Å². The molecular formula is C19H22N2O4.